The summed E-state index contributed by atoms with van der Waals surface area (Å²) in [6.45, 7) is 6.70. The minimum absolute atomic E-state index is 0.0226. The van der Waals surface area contributed by atoms with E-state index >= 15 is 0 Å². The maximum absolute atomic E-state index is 11.8. The van der Waals surface area contributed by atoms with Crippen molar-refractivity contribution in [2.45, 2.75) is 33.2 Å². The topological polar surface area (TPSA) is 75.4 Å². The fourth-order valence-electron chi connectivity index (χ4n) is 1.32. The van der Waals surface area contributed by atoms with Crippen LogP contribution in [0.25, 0.3) is 0 Å². The van der Waals surface area contributed by atoms with Gasteiger partial charge in [0.2, 0.25) is 11.8 Å². The average molecular weight is 245 g/mol. The second kappa shape index (κ2) is 7.16. The molecule has 0 radical (unpaired) electrons. The van der Waals surface area contributed by atoms with Gasteiger partial charge < -0.3 is 16.0 Å². The summed E-state index contributed by atoms with van der Waals surface area (Å²) < 4.78 is 0. The highest BCUT2D eigenvalue weighted by Gasteiger charge is 2.19. The highest BCUT2D eigenvalue weighted by atomic mass is 32.1. The Kier molecular flexibility index (Phi) is 6.64. The van der Waals surface area contributed by atoms with Crippen molar-refractivity contribution >= 4 is 29.0 Å². The fraction of sp³-hybridized carbons (Fsp3) is 0.700. The largest absolute Gasteiger partial charge is 0.393 e. The normalized spacial score (nSPS) is 11.7. The smallest absolute Gasteiger partial charge is 0.244 e. The number of hydrogen-bond donors (Lipinski definition) is 2. The lowest BCUT2D eigenvalue weighted by Crippen LogP contribution is -2.47. The molecule has 0 aliphatic carbocycles. The van der Waals surface area contributed by atoms with E-state index < -0.39 is 6.04 Å². The third kappa shape index (κ3) is 5.06. The zero-order valence-corrected chi connectivity index (χ0v) is 10.8. The lowest BCUT2D eigenvalue weighted by molar-refractivity contribution is -0.135. The van der Waals surface area contributed by atoms with Crippen molar-refractivity contribution in [3.63, 3.8) is 0 Å². The Hall–Kier alpha value is -1.17. The highest BCUT2D eigenvalue weighted by molar-refractivity contribution is 7.80. The molecule has 1 unspecified atom stereocenters. The summed E-state index contributed by atoms with van der Waals surface area (Å²) in [7, 11) is 0. The van der Waals surface area contributed by atoms with Crippen molar-refractivity contribution in [3.05, 3.63) is 0 Å². The van der Waals surface area contributed by atoms with Crippen LogP contribution in [0.4, 0.5) is 0 Å². The highest BCUT2D eigenvalue weighted by Crippen LogP contribution is 1.95. The van der Waals surface area contributed by atoms with Crippen LogP contribution in [-0.4, -0.2) is 40.8 Å². The van der Waals surface area contributed by atoms with E-state index in [-0.39, 0.29) is 23.2 Å². The van der Waals surface area contributed by atoms with Gasteiger partial charge in [0, 0.05) is 13.1 Å². The molecule has 6 heteroatoms. The summed E-state index contributed by atoms with van der Waals surface area (Å²) >= 11 is 4.61. The van der Waals surface area contributed by atoms with E-state index in [1.165, 1.54) is 0 Å². The summed E-state index contributed by atoms with van der Waals surface area (Å²) in [5.41, 5.74) is 5.23. The van der Waals surface area contributed by atoms with E-state index in [1.54, 1.807) is 11.8 Å². The van der Waals surface area contributed by atoms with Crippen LogP contribution in [-0.2, 0) is 9.59 Å². The third-order valence-corrected chi connectivity index (χ3v) is 2.30. The van der Waals surface area contributed by atoms with Crippen molar-refractivity contribution in [3.8, 4) is 0 Å². The first-order valence-corrected chi connectivity index (χ1v) is 5.69. The minimum Gasteiger partial charge on any atom is -0.393 e. The Morgan fingerprint density at radius 2 is 1.88 bits per heavy atom. The van der Waals surface area contributed by atoms with Gasteiger partial charge in [0.1, 0.15) is 6.04 Å². The van der Waals surface area contributed by atoms with E-state index in [2.05, 4.69) is 17.5 Å². The van der Waals surface area contributed by atoms with Crippen molar-refractivity contribution in [2.24, 2.45) is 5.73 Å². The van der Waals surface area contributed by atoms with E-state index in [9.17, 15) is 9.59 Å². The number of rotatable bonds is 6. The molecule has 0 rings (SSSR count). The standard InChI is InChI=1S/C10H19N3O2S/c1-4-13(5-2)10(15)7(3)12-9(14)6-8(11)16/h7H,4-6H2,1-3H3,(H2,11,16)(H,12,14). The van der Waals surface area contributed by atoms with Crippen LogP contribution >= 0.6 is 12.2 Å². The molecule has 0 bridgehead atoms. The fourth-order valence-corrected chi connectivity index (χ4v) is 1.45. The molecule has 0 aromatic rings. The molecule has 0 aliphatic heterocycles. The molecule has 2 amide bonds. The van der Waals surface area contributed by atoms with Gasteiger partial charge >= 0.3 is 0 Å². The summed E-state index contributed by atoms with van der Waals surface area (Å²) in [5.74, 6) is -0.415. The van der Waals surface area contributed by atoms with Crippen molar-refractivity contribution in [1.29, 1.82) is 0 Å². The number of likely N-dealkylation sites (N-methyl/N-ethyl adjacent to an activating group) is 1. The Labute approximate surface area is 101 Å². The maximum atomic E-state index is 11.8. The first kappa shape index (κ1) is 14.8. The molecule has 16 heavy (non-hydrogen) atoms. The summed E-state index contributed by atoms with van der Waals surface area (Å²) in [5, 5.41) is 2.56. The van der Waals surface area contributed by atoms with Gasteiger partial charge in [0.15, 0.2) is 0 Å². The average Bonchev–Trinajstić information content (AvgIpc) is 2.17. The van der Waals surface area contributed by atoms with Crippen molar-refractivity contribution in [2.75, 3.05) is 13.1 Å². The van der Waals surface area contributed by atoms with Gasteiger partial charge in [-0.3, -0.25) is 9.59 Å². The molecule has 1 atom stereocenters. The number of nitrogens with two attached hydrogens (primary N) is 1. The quantitative estimate of drug-likeness (QED) is 0.648. The number of amides is 2. The molecule has 0 spiro atoms. The van der Waals surface area contributed by atoms with Crippen LogP contribution in [0.2, 0.25) is 0 Å². The molecule has 0 fully saturated rings. The third-order valence-electron chi connectivity index (χ3n) is 2.16. The second-order valence-corrected chi connectivity index (χ2v) is 3.97. The Morgan fingerprint density at radius 3 is 2.25 bits per heavy atom. The summed E-state index contributed by atoms with van der Waals surface area (Å²) in [6.07, 6.45) is -0.0226. The first-order valence-electron chi connectivity index (χ1n) is 5.28. The van der Waals surface area contributed by atoms with Crippen LogP contribution in [0.15, 0.2) is 0 Å². The van der Waals surface area contributed by atoms with E-state index in [0.29, 0.717) is 13.1 Å². The zero-order chi connectivity index (χ0) is 12.7. The van der Waals surface area contributed by atoms with Gasteiger partial charge in [0.05, 0.1) is 11.4 Å². The molecule has 0 saturated heterocycles. The van der Waals surface area contributed by atoms with Crippen LogP contribution in [0.3, 0.4) is 0 Å². The van der Waals surface area contributed by atoms with Gasteiger partial charge in [0.25, 0.3) is 0 Å². The molecular formula is C10H19N3O2S. The molecule has 0 saturated carbocycles. The second-order valence-electron chi connectivity index (χ2n) is 3.44. The van der Waals surface area contributed by atoms with E-state index in [1.807, 2.05) is 13.8 Å². The van der Waals surface area contributed by atoms with Crippen LogP contribution in [0, 0.1) is 0 Å². The predicted molar refractivity (Wildman–Crippen MR) is 66.9 cm³/mol. The number of carbonyl (C=O) groups is 2. The molecular weight excluding hydrogens is 226 g/mol. The molecule has 92 valence electrons. The molecule has 3 N–H and O–H groups in total. The van der Waals surface area contributed by atoms with Gasteiger partial charge in [-0.25, -0.2) is 0 Å². The lowest BCUT2D eigenvalue weighted by Gasteiger charge is -2.23. The molecule has 5 nitrogen and oxygen atoms in total. The van der Waals surface area contributed by atoms with E-state index in [4.69, 9.17) is 5.73 Å². The lowest BCUT2D eigenvalue weighted by atomic mass is 10.2. The van der Waals surface area contributed by atoms with E-state index in [0.717, 1.165) is 0 Å². The monoisotopic (exact) mass is 245 g/mol. The van der Waals surface area contributed by atoms with Crippen LogP contribution in [0.5, 0.6) is 0 Å². The van der Waals surface area contributed by atoms with Crippen molar-refractivity contribution < 1.29 is 9.59 Å². The van der Waals surface area contributed by atoms with Crippen LogP contribution in [0.1, 0.15) is 27.2 Å². The predicted octanol–water partition coefficient (Wildman–Crippen LogP) is 0.0357. The molecule has 0 aromatic carbocycles. The Morgan fingerprint density at radius 1 is 1.38 bits per heavy atom. The SMILES string of the molecule is CCN(CC)C(=O)C(C)NC(=O)CC(N)=S. The number of nitrogens with zero attached hydrogens (tertiary/aromatic N) is 1. The number of thiocarbonyl (C=S) groups is 1. The summed E-state index contributed by atoms with van der Waals surface area (Å²) in [4.78, 5) is 24.9. The van der Waals surface area contributed by atoms with Crippen LogP contribution < -0.4 is 11.1 Å². The summed E-state index contributed by atoms with van der Waals surface area (Å²) in [6, 6.07) is -0.540. The molecule has 0 aliphatic rings. The van der Waals surface area contributed by atoms with Gasteiger partial charge in [-0.1, -0.05) is 12.2 Å². The molecule has 0 aromatic heterocycles. The Bertz CT molecular complexity index is 277. The molecule has 0 heterocycles. The van der Waals surface area contributed by atoms with Crippen molar-refractivity contribution in [1.82, 2.24) is 10.2 Å². The van der Waals surface area contributed by atoms with Gasteiger partial charge in [-0.2, -0.15) is 0 Å². The first-order chi connectivity index (χ1) is 7.42. The Balaban J connectivity index is 4.24. The van der Waals surface area contributed by atoms with Gasteiger partial charge in [-0.15, -0.1) is 0 Å². The number of nitrogens with one attached hydrogen (secondary N) is 1. The van der Waals surface area contributed by atoms with Gasteiger partial charge in [-0.05, 0) is 20.8 Å². The number of hydrogen-bond acceptors (Lipinski definition) is 3. The maximum Gasteiger partial charge on any atom is 0.244 e. The zero-order valence-electron chi connectivity index (χ0n) is 9.95. The number of carbonyl (C=O) groups excluding carboxylic acids is 2. The minimum atomic E-state index is -0.540.